The summed E-state index contributed by atoms with van der Waals surface area (Å²) < 4.78 is 63.8. The van der Waals surface area contributed by atoms with E-state index < -0.39 is 18.3 Å². The van der Waals surface area contributed by atoms with Crippen molar-refractivity contribution in [3.63, 3.8) is 0 Å². The van der Waals surface area contributed by atoms with Crippen LogP contribution in [0.2, 0.25) is 0 Å². The third-order valence-corrected chi connectivity index (χ3v) is 7.05. The van der Waals surface area contributed by atoms with Gasteiger partial charge in [-0.05, 0) is 144 Å². The van der Waals surface area contributed by atoms with E-state index in [0.717, 1.165) is 39.1 Å². The van der Waals surface area contributed by atoms with E-state index in [1.54, 1.807) is 0 Å². The molecule has 0 rings (SSSR count). The van der Waals surface area contributed by atoms with Crippen molar-refractivity contribution < 1.29 is 72.2 Å². The Hall–Kier alpha value is -1.92. The Morgan fingerprint density at radius 3 is 0.569 bits per heavy atom. The minimum Gasteiger partial charge on any atom is -0.379 e. The van der Waals surface area contributed by atoms with Gasteiger partial charge in [-0.1, -0.05) is 38.5 Å². The molecule has 0 aliphatic carbocycles. The monoisotopic (exact) mass is 1040 g/mol. The third kappa shape index (κ3) is 101. The van der Waals surface area contributed by atoms with Crippen molar-refractivity contribution in [1.82, 2.24) is 0 Å². The fraction of sp³-hybridized carbons (Fsp3) is 0.895. The molecule has 0 bridgehead atoms. The Morgan fingerprint density at radius 2 is 0.431 bits per heavy atom. The van der Waals surface area contributed by atoms with Gasteiger partial charge in [0.1, 0.15) is 18.3 Å². The molecule has 0 aliphatic rings. The zero-order chi connectivity index (χ0) is 57.2. The molecular weight excluding hydrogens is 925 g/mol. The van der Waals surface area contributed by atoms with Crippen LogP contribution in [0.5, 0.6) is 0 Å². The molecule has 432 valence electrons. The molecule has 0 aromatic rings. The smallest absolute Gasteiger partial charge is 0.137 e. The zero-order valence-corrected chi connectivity index (χ0v) is 50.1. The van der Waals surface area contributed by atoms with E-state index in [-0.39, 0.29) is 53.4 Å². The summed E-state index contributed by atoms with van der Waals surface area (Å²) in [5.41, 5.74) is -0.875. The second-order valence-corrected chi connectivity index (χ2v) is 21.9. The van der Waals surface area contributed by atoms with E-state index >= 15 is 0 Å². The summed E-state index contributed by atoms with van der Waals surface area (Å²) in [7, 11) is 0. The summed E-state index contributed by atoms with van der Waals surface area (Å²) in [4.78, 5) is 0. The normalized spacial score (nSPS) is 13.0. The Bertz CT molecular complexity index is 1080. The number of hydrogen-bond donors (Lipinski definition) is 3. The first-order chi connectivity index (χ1) is 33.0. The molecule has 3 atom stereocenters. The van der Waals surface area contributed by atoms with E-state index in [4.69, 9.17) is 91.4 Å². The molecule has 0 fully saturated rings. The second-order valence-electron chi connectivity index (χ2n) is 21.9. The molecule has 0 amide bonds. The van der Waals surface area contributed by atoms with Gasteiger partial charge in [-0.3, -0.25) is 0 Å². The van der Waals surface area contributed by atoms with Gasteiger partial charge in [-0.25, -0.2) is 0 Å². The Morgan fingerprint density at radius 1 is 0.278 bits per heavy atom. The predicted molar refractivity (Wildman–Crippen MR) is 295 cm³/mol. The van der Waals surface area contributed by atoms with Gasteiger partial charge >= 0.3 is 0 Å². The van der Waals surface area contributed by atoms with Gasteiger partial charge < -0.3 is 72.2 Å². The summed E-state index contributed by atoms with van der Waals surface area (Å²) in [6, 6.07) is 0. The fourth-order valence-electron chi connectivity index (χ4n) is 3.75. The highest BCUT2D eigenvalue weighted by atomic mass is 16.6. The van der Waals surface area contributed by atoms with E-state index in [0.29, 0.717) is 79.3 Å². The summed E-state index contributed by atoms with van der Waals surface area (Å²) in [5.74, 6) is 6.50. The molecule has 0 saturated heterocycles. The van der Waals surface area contributed by atoms with Crippen molar-refractivity contribution in [3.8, 4) is 37.0 Å². The summed E-state index contributed by atoms with van der Waals surface area (Å²) in [5, 5.41) is 26.6. The van der Waals surface area contributed by atoms with E-state index in [2.05, 4.69) is 38.5 Å². The molecule has 15 nitrogen and oxygen atoms in total. The lowest BCUT2D eigenvalue weighted by Gasteiger charge is -2.19. The Labute approximate surface area is 443 Å². The largest absolute Gasteiger partial charge is 0.379 e. The molecular formula is C57H114O15. The Balaban J connectivity index is -0.000000183. The number of rotatable bonds is 30. The maximum atomic E-state index is 8.86. The summed E-state index contributed by atoms with van der Waals surface area (Å²) in [6.07, 6.45) is 15.6. The molecule has 0 saturated carbocycles. The highest BCUT2D eigenvalue weighted by molar-refractivity contribution is 4.94. The van der Waals surface area contributed by atoms with Crippen molar-refractivity contribution in [3.05, 3.63) is 0 Å². The number of hydrogen-bond acceptors (Lipinski definition) is 15. The van der Waals surface area contributed by atoms with E-state index in [9.17, 15) is 0 Å². The number of terminal acetylenes is 3. The zero-order valence-electron chi connectivity index (χ0n) is 50.1. The SMILES string of the molecule is C#CC(O)COC(C)(C)C.C#C[C@@H](O)COC(C)(C)C.C#C[C@H](O)COC(C)(C)C.CCCOCCOCCOC(C)(C)C.CCCOCCOCCOC(C)(C)C.CCCOCCOCCOC(C)(C)C. The number of aliphatic hydroxyl groups excluding tert-OH is 3. The van der Waals surface area contributed by atoms with Crippen molar-refractivity contribution in [2.24, 2.45) is 0 Å². The molecule has 3 N–H and O–H groups in total. The molecule has 0 heterocycles. The minimum atomic E-state index is -0.778. The highest BCUT2D eigenvalue weighted by Gasteiger charge is 2.14. The molecule has 72 heavy (non-hydrogen) atoms. The van der Waals surface area contributed by atoms with Gasteiger partial charge in [0, 0.05) is 19.8 Å². The van der Waals surface area contributed by atoms with Gasteiger partial charge in [0.05, 0.1) is 133 Å². The summed E-state index contributed by atoms with van der Waals surface area (Å²) >= 11 is 0. The van der Waals surface area contributed by atoms with Gasteiger partial charge in [0.2, 0.25) is 0 Å². The van der Waals surface area contributed by atoms with Gasteiger partial charge in [-0.2, -0.15) is 0 Å². The maximum absolute atomic E-state index is 8.86. The lowest BCUT2D eigenvalue weighted by atomic mass is 10.2. The van der Waals surface area contributed by atoms with Crippen molar-refractivity contribution in [1.29, 1.82) is 0 Å². The maximum Gasteiger partial charge on any atom is 0.137 e. The predicted octanol–water partition coefficient (Wildman–Crippen LogP) is 9.12. The van der Waals surface area contributed by atoms with Crippen LogP contribution in [0.1, 0.15) is 165 Å². The average Bonchev–Trinajstić information content (AvgIpc) is 3.26. The van der Waals surface area contributed by atoms with Gasteiger partial charge in [0.15, 0.2) is 0 Å². The van der Waals surface area contributed by atoms with Crippen LogP contribution < -0.4 is 0 Å². The van der Waals surface area contributed by atoms with E-state index in [1.165, 1.54) is 0 Å². The van der Waals surface area contributed by atoms with E-state index in [1.807, 2.05) is 125 Å². The van der Waals surface area contributed by atoms with Crippen LogP contribution in [0.15, 0.2) is 0 Å². The van der Waals surface area contributed by atoms with Gasteiger partial charge in [0.25, 0.3) is 0 Å². The van der Waals surface area contributed by atoms with Crippen molar-refractivity contribution in [2.45, 2.75) is 217 Å². The quantitative estimate of drug-likeness (QED) is 0.0459. The molecule has 0 aromatic heterocycles. The molecule has 0 aromatic carbocycles. The molecule has 0 spiro atoms. The molecule has 15 heteroatoms. The first-order valence-electron chi connectivity index (χ1n) is 25.8. The van der Waals surface area contributed by atoms with Crippen LogP contribution in [0, 0.1) is 37.0 Å². The highest BCUT2D eigenvalue weighted by Crippen LogP contribution is 2.09. The summed E-state index contributed by atoms with van der Waals surface area (Å²) in [6.45, 7) is 52.9. The van der Waals surface area contributed by atoms with Crippen LogP contribution in [0.25, 0.3) is 0 Å². The Kier molecular flexibility index (Phi) is 57.9. The molecule has 1 unspecified atom stereocenters. The first kappa shape index (κ1) is 81.4. The minimum absolute atomic E-state index is 0.0674. The van der Waals surface area contributed by atoms with Crippen LogP contribution >= 0.6 is 0 Å². The topological polar surface area (TPSA) is 171 Å². The van der Waals surface area contributed by atoms with Crippen LogP contribution in [-0.4, -0.2) is 186 Å². The first-order valence-corrected chi connectivity index (χ1v) is 25.8. The van der Waals surface area contributed by atoms with Gasteiger partial charge in [-0.15, -0.1) is 19.3 Å². The number of aliphatic hydroxyl groups is 3. The van der Waals surface area contributed by atoms with Crippen molar-refractivity contribution >= 4 is 0 Å². The van der Waals surface area contributed by atoms with Crippen LogP contribution in [-0.2, 0) is 56.8 Å². The number of ether oxygens (including phenoxy) is 12. The van der Waals surface area contributed by atoms with Crippen LogP contribution in [0.4, 0.5) is 0 Å². The third-order valence-electron chi connectivity index (χ3n) is 7.05. The lowest BCUT2D eigenvalue weighted by Crippen LogP contribution is -2.25. The molecule has 0 aliphatic heterocycles. The van der Waals surface area contributed by atoms with Crippen molar-refractivity contribution in [2.75, 3.05) is 119 Å². The second kappa shape index (κ2) is 51.2. The lowest BCUT2D eigenvalue weighted by molar-refractivity contribution is -0.0425. The average molecular weight is 1040 g/mol. The van der Waals surface area contributed by atoms with Crippen LogP contribution in [0.3, 0.4) is 0 Å². The molecule has 0 radical (unpaired) electrons. The standard InChI is InChI=1S/3C11H24O3.3C8H14O2/c3*1-5-6-12-7-8-13-9-10-14-11(2,3)4;3*1-5-7(9)6-10-8(2,3)4/h3*5-10H2,1-4H3;3*1,7,9H,6H2,2-4H3/t;;;2*7-;/m...10./s1. The fourth-order valence-corrected chi connectivity index (χ4v) is 3.75.